The summed E-state index contributed by atoms with van der Waals surface area (Å²) in [6.45, 7) is 0.732. The van der Waals surface area contributed by atoms with E-state index in [0.717, 1.165) is 30.6 Å². The van der Waals surface area contributed by atoms with E-state index in [0.29, 0.717) is 12.3 Å². The molecule has 1 aromatic rings. The third-order valence-electron chi connectivity index (χ3n) is 4.58. The van der Waals surface area contributed by atoms with Gasteiger partial charge >= 0.3 is 11.8 Å². The van der Waals surface area contributed by atoms with Crippen LogP contribution in [0.4, 0.5) is 5.69 Å². The Morgan fingerprint density at radius 1 is 1.20 bits per heavy atom. The van der Waals surface area contributed by atoms with Crippen molar-refractivity contribution in [2.75, 3.05) is 24.7 Å². The number of amides is 2. The van der Waals surface area contributed by atoms with Gasteiger partial charge in [0.25, 0.3) is 0 Å². The van der Waals surface area contributed by atoms with E-state index in [4.69, 9.17) is 9.47 Å². The highest BCUT2D eigenvalue weighted by Crippen LogP contribution is 2.37. The van der Waals surface area contributed by atoms with Crippen molar-refractivity contribution >= 4 is 29.3 Å². The predicted molar refractivity (Wildman–Crippen MR) is 96.5 cm³/mol. The van der Waals surface area contributed by atoms with E-state index in [1.807, 2.05) is 24.5 Å². The van der Waals surface area contributed by atoms with Crippen molar-refractivity contribution in [3.05, 3.63) is 24.3 Å². The van der Waals surface area contributed by atoms with Gasteiger partial charge in [0.1, 0.15) is 6.10 Å². The van der Waals surface area contributed by atoms with Crippen molar-refractivity contribution in [1.29, 1.82) is 0 Å². The first-order valence-corrected chi connectivity index (χ1v) is 9.88. The Morgan fingerprint density at radius 3 is 2.72 bits per heavy atom. The molecule has 2 N–H and O–H groups in total. The number of carbonyl (C=O) groups is 2. The summed E-state index contributed by atoms with van der Waals surface area (Å²) in [5.74, 6) is -1.80. The highest BCUT2D eigenvalue weighted by Gasteiger charge is 2.42. The van der Waals surface area contributed by atoms with Gasteiger partial charge in [-0.3, -0.25) is 9.59 Å². The number of para-hydroxylation sites is 1. The van der Waals surface area contributed by atoms with Gasteiger partial charge in [-0.25, -0.2) is 0 Å². The van der Waals surface area contributed by atoms with Crippen LogP contribution in [0.25, 0.3) is 0 Å². The van der Waals surface area contributed by atoms with Crippen LogP contribution in [0.1, 0.15) is 32.1 Å². The molecule has 2 fully saturated rings. The minimum absolute atomic E-state index is 0.201. The maximum atomic E-state index is 12.1. The van der Waals surface area contributed by atoms with Crippen LogP contribution < -0.4 is 10.6 Å². The van der Waals surface area contributed by atoms with Crippen molar-refractivity contribution in [1.82, 2.24) is 5.32 Å². The number of hydrogen-bond donors (Lipinski definition) is 2. The van der Waals surface area contributed by atoms with Crippen molar-refractivity contribution in [2.24, 2.45) is 0 Å². The van der Waals surface area contributed by atoms with Crippen LogP contribution in [0, 0.1) is 0 Å². The molecule has 6 nitrogen and oxygen atoms in total. The standard InChI is InChI=1S/C18H24N2O4S/c1-25-15-8-4-3-7-14(15)20-17(22)16(21)19-11-13-12-23-18(24-13)9-5-2-6-10-18/h3-4,7-8,13H,2,5-6,9-12H2,1H3,(H,19,21)(H,20,22). The second-order valence-corrected chi connectivity index (χ2v) is 7.23. The lowest BCUT2D eigenvalue weighted by molar-refractivity contribution is -0.186. The average Bonchev–Trinajstić information content (AvgIpc) is 3.03. The predicted octanol–water partition coefficient (Wildman–Crippen LogP) is 2.54. The van der Waals surface area contributed by atoms with E-state index < -0.39 is 17.6 Å². The first-order valence-electron chi connectivity index (χ1n) is 8.66. The molecule has 0 aromatic heterocycles. The number of carbonyl (C=O) groups excluding carboxylic acids is 2. The van der Waals surface area contributed by atoms with Crippen molar-refractivity contribution in [2.45, 2.75) is 48.9 Å². The van der Waals surface area contributed by atoms with E-state index in [9.17, 15) is 9.59 Å². The molecular formula is C18H24N2O4S. The van der Waals surface area contributed by atoms with E-state index >= 15 is 0 Å². The monoisotopic (exact) mass is 364 g/mol. The van der Waals surface area contributed by atoms with Crippen molar-refractivity contribution in [3.63, 3.8) is 0 Å². The van der Waals surface area contributed by atoms with Gasteiger partial charge in [-0.1, -0.05) is 18.6 Å². The SMILES string of the molecule is CSc1ccccc1NC(=O)C(=O)NCC1COC2(CCCCC2)O1. The summed E-state index contributed by atoms with van der Waals surface area (Å²) in [4.78, 5) is 25.0. The Hall–Kier alpha value is -1.57. The fourth-order valence-electron chi connectivity index (χ4n) is 3.28. The zero-order valence-electron chi connectivity index (χ0n) is 14.4. The number of anilines is 1. The normalized spacial score (nSPS) is 21.9. The average molecular weight is 364 g/mol. The molecular weight excluding hydrogens is 340 g/mol. The Bertz CT molecular complexity index is 631. The molecule has 1 aromatic carbocycles. The van der Waals surface area contributed by atoms with Crippen LogP contribution in [0.5, 0.6) is 0 Å². The number of rotatable bonds is 4. The zero-order chi connectivity index (χ0) is 17.7. The summed E-state index contributed by atoms with van der Waals surface area (Å²) in [6.07, 6.45) is 6.96. The van der Waals surface area contributed by atoms with Gasteiger partial charge in [-0.05, 0) is 31.2 Å². The summed E-state index contributed by atoms with van der Waals surface area (Å²) in [5, 5.41) is 5.29. The number of thioether (sulfide) groups is 1. The smallest absolute Gasteiger partial charge is 0.313 e. The summed E-state index contributed by atoms with van der Waals surface area (Å²) in [5.41, 5.74) is 0.636. The van der Waals surface area contributed by atoms with E-state index in [2.05, 4.69) is 10.6 Å². The number of nitrogens with one attached hydrogen (secondary N) is 2. The summed E-state index contributed by atoms with van der Waals surface area (Å²) in [7, 11) is 0. The minimum Gasteiger partial charge on any atom is -0.347 e. The van der Waals surface area contributed by atoms with Crippen LogP contribution >= 0.6 is 11.8 Å². The molecule has 1 atom stereocenters. The topological polar surface area (TPSA) is 76.7 Å². The molecule has 25 heavy (non-hydrogen) atoms. The molecule has 136 valence electrons. The molecule has 2 amide bonds. The van der Waals surface area contributed by atoms with Gasteiger partial charge in [0.2, 0.25) is 0 Å². The van der Waals surface area contributed by atoms with E-state index in [1.54, 1.807) is 6.07 Å². The third-order valence-corrected chi connectivity index (χ3v) is 5.38. The maximum Gasteiger partial charge on any atom is 0.313 e. The molecule has 1 saturated heterocycles. The Labute approximate surface area is 152 Å². The van der Waals surface area contributed by atoms with Gasteiger partial charge in [0, 0.05) is 24.3 Å². The van der Waals surface area contributed by atoms with Gasteiger partial charge < -0.3 is 20.1 Å². The van der Waals surface area contributed by atoms with Gasteiger partial charge in [0.05, 0.1) is 12.3 Å². The minimum atomic E-state index is -0.673. The van der Waals surface area contributed by atoms with E-state index in [1.165, 1.54) is 18.2 Å². The van der Waals surface area contributed by atoms with E-state index in [-0.39, 0.29) is 12.6 Å². The van der Waals surface area contributed by atoms with Gasteiger partial charge in [-0.2, -0.15) is 0 Å². The second-order valence-electron chi connectivity index (χ2n) is 6.39. The number of benzene rings is 1. The maximum absolute atomic E-state index is 12.1. The molecule has 1 aliphatic heterocycles. The third kappa shape index (κ3) is 4.54. The van der Waals surface area contributed by atoms with Crippen molar-refractivity contribution < 1.29 is 19.1 Å². The summed E-state index contributed by atoms with van der Waals surface area (Å²) < 4.78 is 11.8. The molecule has 0 bridgehead atoms. The fraction of sp³-hybridized carbons (Fsp3) is 0.556. The Morgan fingerprint density at radius 2 is 1.96 bits per heavy atom. The van der Waals surface area contributed by atoms with Crippen molar-refractivity contribution in [3.8, 4) is 0 Å². The lowest BCUT2D eigenvalue weighted by Gasteiger charge is -2.31. The molecule has 1 saturated carbocycles. The Balaban J connectivity index is 1.47. The molecule has 1 spiro atoms. The molecule has 2 aliphatic rings. The fourth-order valence-corrected chi connectivity index (χ4v) is 3.84. The molecule has 1 unspecified atom stereocenters. The lowest BCUT2D eigenvalue weighted by atomic mass is 9.94. The molecule has 1 heterocycles. The summed E-state index contributed by atoms with van der Waals surface area (Å²) in [6, 6.07) is 7.38. The highest BCUT2D eigenvalue weighted by molar-refractivity contribution is 7.98. The quantitative estimate of drug-likeness (QED) is 0.634. The van der Waals surface area contributed by atoms with Crippen LogP contribution in [0.3, 0.4) is 0 Å². The molecule has 1 aliphatic carbocycles. The zero-order valence-corrected chi connectivity index (χ0v) is 15.2. The number of hydrogen-bond acceptors (Lipinski definition) is 5. The first-order chi connectivity index (χ1) is 12.1. The molecule has 3 rings (SSSR count). The first kappa shape index (κ1) is 18.2. The van der Waals surface area contributed by atoms with Crippen LogP contribution in [0.2, 0.25) is 0 Å². The second kappa shape index (κ2) is 8.21. The largest absolute Gasteiger partial charge is 0.347 e. The highest BCUT2D eigenvalue weighted by atomic mass is 32.2. The summed E-state index contributed by atoms with van der Waals surface area (Å²) >= 11 is 1.51. The van der Waals surface area contributed by atoms with Crippen LogP contribution in [0.15, 0.2) is 29.2 Å². The number of ether oxygens (including phenoxy) is 2. The van der Waals surface area contributed by atoms with Gasteiger partial charge in [-0.15, -0.1) is 11.8 Å². The van der Waals surface area contributed by atoms with Crippen LogP contribution in [-0.4, -0.2) is 43.1 Å². The van der Waals surface area contributed by atoms with Crippen LogP contribution in [-0.2, 0) is 19.1 Å². The Kier molecular flexibility index (Phi) is 5.98. The lowest BCUT2D eigenvalue weighted by Crippen LogP contribution is -2.41. The van der Waals surface area contributed by atoms with Gasteiger partial charge in [0.15, 0.2) is 5.79 Å². The molecule has 0 radical (unpaired) electrons. The molecule has 7 heteroatoms.